The zero-order valence-electron chi connectivity index (χ0n) is 6.11. The van der Waals surface area contributed by atoms with Gasteiger partial charge in [0.1, 0.15) is 0 Å². The van der Waals surface area contributed by atoms with Crippen LogP contribution < -0.4 is 0 Å². The Morgan fingerprint density at radius 1 is 1.50 bits per heavy atom. The van der Waals surface area contributed by atoms with Crippen molar-refractivity contribution < 1.29 is 4.74 Å². The lowest BCUT2D eigenvalue weighted by molar-refractivity contribution is -0.0838. The van der Waals surface area contributed by atoms with Crippen LogP contribution in [-0.4, -0.2) is 17.5 Å². The minimum absolute atomic E-state index is 0.360. The molecule has 0 N–H and O–H groups in total. The molecule has 1 aliphatic heterocycles. The van der Waals surface area contributed by atoms with E-state index in [4.69, 9.17) is 4.74 Å². The summed E-state index contributed by atoms with van der Waals surface area (Å²) >= 11 is 3.50. The molecule has 10 heavy (non-hydrogen) atoms. The molecule has 58 valence electrons. The highest BCUT2D eigenvalue weighted by atomic mass is 79.9. The quantitative estimate of drug-likeness (QED) is 0.597. The van der Waals surface area contributed by atoms with Gasteiger partial charge in [0.05, 0.1) is 5.60 Å². The summed E-state index contributed by atoms with van der Waals surface area (Å²) in [4.78, 5) is 0. The van der Waals surface area contributed by atoms with Crippen molar-refractivity contribution in [2.75, 3.05) is 11.9 Å². The number of halogens is 1. The van der Waals surface area contributed by atoms with Crippen molar-refractivity contribution in [3.8, 4) is 0 Å². The predicted octanol–water partition coefficient (Wildman–Crippen LogP) is 2.34. The predicted molar refractivity (Wildman–Crippen MR) is 44.4 cm³/mol. The van der Waals surface area contributed by atoms with E-state index in [9.17, 15) is 0 Å². The summed E-state index contributed by atoms with van der Waals surface area (Å²) in [5, 5.41) is 1.16. The summed E-state index contributed by atoms with van der Waals surface area (Å²) in [6, 6.07) is 0. The lowest BCUT2D eigenvalue weighted by Gasteiger charge is -2.43. The second-order valence-corrected chi connectivity index (χ2v) is 4.21. The second kappa shape index (κ2) is 2.49. The maximum atomic E-state index is 5.69. The third-order valence-corrected chi connectivity index (χ3v) is 3.64. The van der Waals surface area contributed by atoms with Gasteiger partial charge in [-0.2, -0.15) is 0 Å². The SMILES string of the molecule is BrCC1CC2(CCCO2)C1. The Morgan fingerprint density at radius 2 is 2.30 bits per heavy atom. The molecule has 0 aromatic carbocycles. The normalized spacial score (nSPS) is 45.9. The van der Waals surface area contributed by atoms with Gasteiger partial charge >= 0.3 is 0 Å². The van der Waals surface area contributed by atoms with E-state index in [2.05, 4.69) is 15.9 Å². The maximum absolute atomic E-state index is 5.69. The van der Waals surface area contributed by atoms with Crippen molar-refractivity contribution in [3.63, 3.8) is 0 Å². The van der Waals surface area contributed by atoms with Crippen LogP contribution in [0, 0.1) is 5.92 Å². The van der Waals surface area contributed by atoms with E-state index in [0.29, 0.717) is 5.60 Å². The van der Waals surface area contributed by atoms with Crippen LogP contribution in [0.5, 0.6) is 0 Å². The number of ether oxygens (including phenoxy) is 1. The standard InChI is InChI=1S/C8H13BrO/c9-6-7-4-8(5-7)2-1-3-10-8/h7H,1-6H2. The molecule has 0 radical (unpaired) electrons. The van der Waals surface area contributed by atoms with Crippen LogP contribution in [0.1, 0.15) is 25.7 Å². The third kappa shape index (κ3) is 1.02. The highest BCUT2D eigenvalue weighted by molar-refractivity contribution is 9.09. The molecule has 0 aromatic rings. The molecule has 0 bridgehead atoms. The molecular weight excluding hydrogens is 192 g/mol. The highest BCUT2D eigenvalue weighted by Gasteiger charge is 2.46. The fourth-order valence-electron chi connectivity index (χ4n) is 2.18. The molecule has 0 atom stereocenters. The van der Waals surface area contributed by atoms with E-state index in [1.54, 1.807) is 0 Å². The molecule has 0 amide bonds. The Labute approximate surface area is 70.3 Å². The molecule has 0 aromatic heterocycles. The first-order chi connectivity index (χ1) is 4.85. The Bertz CT molecular complexity index is 121. The smallest absolute Gasteiger partial charge is 0.0689 e. The van der Waals surface area contributed by atoms with Crippen LogP contribution in [0.4, 0.5) is 0 Å². The summed E-state index contributed by atoms with van der Waals surface area (Å²) in [5.41, 5.74) is 0.360. The zero-order valence-corrected chi connectivity index (χ0v) is 7.69. The van der Waals surface area contributed by atoms with E-state index >= 15 is 0 Å². The summed E-state index contributed by atoms with van der Waals surface area (Å²) in [6.07, 6.45) is 5.21. The largest absolute Gasteiger partial charge is 0.375 e. The summed E-state index contributed by atoms with van der Waals surface area (Å²) in [6.45, 7) is 1.01. The van der Waals surface area contributed by atoms with Gasteiger partial charge in [0, 0.05) is 11.9 Å². The molecule has 2 fully saturated rings. The third-order valence-electron chi connectivity index (χ3n) is 2.72. The molecule has 2 aliphatic rings. The number of hydrogen-bond donors (Lipinski definition) is 0. The van der Waals surface area contributed by atoms with E-state index in [-0.39, 0.29) is 0 Å². The fourth-order valence-corrected chi connectivity index (χ4v) is 2.64. The van der Waals surface area contributed by atoms with E-state index in [1.165, 1.54) is 25.7 Å². The fraction of sp³-hybridized carbons (Fsp3) is 1.00. The Kier molecular flexibility index (Phi) is 1.77. The Balaban J connectivity index is 1.86. The van der Waals surface area contributed by atoms with Crippen LogP contribution in [0.3, 0.4) is 0 Å². The molecule has 1 heterocycles. The van der Waals surface area contributed by atoms with Crippen LogP contribution in [0.15, 0.2) is 0 Å². The average molecular weight is 205 g/mol. The van der Waals surface area contributed by atoms with Crippen molar-refractivity contribution >= 4 is 15.9 Å². The molecule has 1 spiro atoms. The van der Waals surface area contributed by atoms with E-state index < -0.39 is 0 Å². The lowest BCUT2D eigenvalue weighted by Crippen LogP contribution is -2.43. The van der Waals surface area contributed by atoms with Crippen LogP contribution in [-0.2, 0) is 4.74 Å². The van der Waals surface area contributed by atoms with Gasteiger partial charge in [0.2, 0.25) is 0 Å². The van der Waals surface area contributed by atoms with Crippen molar-refractivity contribution in [2.24, 2.45) is 5.92 Å². The summed E-state index contributed by atoms with van der Waals surface area (Å²) in [7, 11) is 0. The molecule has 1 aliphatic carbocycles. The first-order valence-corrected chi connectivity index (χ1v) is 5.17. The first-order valence-electron chi connectivity index (χ1n) is 4.05. The molecule has 1 nitrogen and oxygen atoms in total. The molecule has 1 saturated heterocycles. The zero-order chi connectivity index (χ0) is 7.03. The number of alkyl halides is 1. The molecule has 2 rings (SSSR count). The lowest BCUT2D eigenvalue weighted by atomic mass is 9.70. The van der Waals surface area contributed by atoms with Gasteiger partial charge in [-0.25, -0.2) is 0 Å². The van der Waals surface area contributed by atoms with Gasteiger partial charge in [0.25, 0.3) is 0 Å². The Morgan fingerprint density at radius 3 is 2.80 bits per heavy atom. The topological polar surface area (TPSA) is 9.23 Å². The van der Waals surface area contributed by atoms with Gasteiger partial charge in [-0.15, -0.1) is 0 Å². The van der Waals surface area contributed by atoms with Gasteiger partial charge in [-0.1, -0.05) is 15.9 Å². The molecule has 0 unspecified atom stereocenters. The average Bonchev–Trinajstić information content (AvgIpc) is 2.30. The maximum Gasteiger partial charge on any atom is 0.0689 e. The minimum atomic E-state index is 0.360. The summed E-state index contributed by atoms with van der Waals surface area (Å²) in [5.74, 6) is 0.901. The number of hydrogen-bond acceptors (Lipinski definition) is 1. The monoisotopic (exact) mass is 204 g/mol. The molecule has 1 saturated carbocycles. The van der Waals surface area contributed by atoms with E-state index in [0.717, 1.165) is 17.9 Å². The van der Waals surface area contributed by atoms with Crippen molar-refractivity contribution in [1.82, 2.24) is 0 Å². The van der Waals surface area contributed by atoms with Crippen LogP contribution >= 0.6 is 15.9 Å². The number of rotatable bonds is 1. The highest BCUT2D eigenvalue weighted by Crippen LogP contribution is 2.47. The van der Waals surface area contributed by atoms with Crippen molar-refractivity contribution in [3.05, 3.63) is 0 Å². The van der Waals surface area contributed by atoms with Crippen molar-refractivity contribution in [1.29, 1.82) is 0 Å². The van der Waals surface area contributed by atoms with Crippen LogP contribution in [0.2, 0.25) is 0 Å². The van der Waals surface area contributed by atoms with Gasteiger partial charge in [0.15, 0.2) is 0 Å². The van der Waals surface area contributed by atoms with Crippen LogP contribution in [0.25, 0.3) is 0 Å². The summed E-state index contributed by atoms with van der Waals surface area (Å²) < 4.78 is 5.69. The Hall–Kier alpha value is 0.440. The molecule has 2 heteroatoms. The first kappa shape index (κ1) is 7.11. The minimum Gasteiger partial charge on any atom is -0.375 e. The van der Waals surface area contributed by atoms with Gasteiger partial charge in [-0.05, 0) is 31.6 Å². The van der Waals surface area contributed by atoms with Gasteiger partial charge in [-0.3, -0.25) is 0 Å². The second-order valence-electron chi connectivity index (χ2n) is 3.56. The molecular formula is C8H13BrO. The van der Waals surface area contributed by atoms with Gasteiger partial charge < -0.3 is 4.74 Å². The van der Waals surface area contributed by atoms with E-state index in [1.807, 2.05) is 0 Å². The van der Waals surface area contributed by atoms with Crippen molar-refractivity contribution in [2.45, 2.75) is 31.3 Å².